The standard InChI is InChI=1S/C50H55NO14/c1-27-24-35-49(26-60-35,65-30(4)53)40-42(64-44(56)33-22-16-11-17-23-33)50(58)25-34(28(2)36(47(50,5)6)38(61-29(3)52)41(54)48(27,40)7)62-45(57)39-37(31-18-12-9-13-19-31)51(46(59-8)63-39)43(55)32-20-14-10-15-21-32/h9-23,27,34-35,37-40,42,46,58H,24-26H2,1-8H3/t27-,34-,35?,37-,38+,39+,40-,42-,46?,48+,49-,50+/m0/s1. The van der Waals surface area contributed by atoms with E-state index in [1.165, 1.54) is 25.9 Å². The van der Waals surface area contributed by atoms with Crippen molar-refractivity contribution in [3.05, 3.63) is 119 Å². The number of hydrogen-bond donors (Lipinski definition) is 1. The van der Waals surface area contributed by atoms with E-state index in [0.717, 1.165) is 0 Å². The highest BCUT2D eigenvalue weighted by atomic mass is 16.7. The Balaban J connectivity index is 1.30. The first-order valence-electron chi connectivity index (χ1n) is 21.9. The summed E-state index contributed by atoms with van der Waals surface area (Å²) >= 11 is 0. The largest absolute Gasteiger partial charge is 0.456 e. The highest BCUT2D eigenvalue weighted by Gasteiger charge is 2.78. The van der Waals surface area contributed by atoms with Gasteiger partial charge in [-0.3, -0.25) is 24.1 Å². The molecule has 2 unspecified atom stereocenters. The third-order valence-electron chi connectivity index (χ3n) is 14.8. The number of esters is 4. The van der Waals surface area contributed by atoms with E-state index >= 15 is 4.79 Å². The molecule has 15 nitrogen and oxygen atoms in total. The van der Waals surface area contributed by atoms with Crippen LogP contribution < -0.4 is 0 Å². The minimum atomic E-state index is -2.26. The summed E-state index contributed by atoms with van der Waals surface area (Å²) in [6.07, 6.45) is -8.41. The Morgan fingerprint density at radius 2 is 1.42 bits per heavy atom. The van der Waals surface area contributed by atoms with Gasteiger partial charge in [0.2, 0.25) is 6.41 Å². The van der Waals surface area contributed by atoms with Crippen LogP contribution in [0.5, 0.6) is 0 Å². The van der Waals surface area contributed by atoms with E-state index in [4.69, 9.17) is 33.2 Å². The van der Waals surface area contributed by atoms with Crippen LogP contribution in [0.1, 0.15) is 93.6 Å². The molecule has 3 aromatic carbocycles. The summed E-state index contributed by atoms with van der Waals surface area (Å²) in [4.78, 5) is 87.0. The van der Waals surface area contributed by atoms with Crippen LogP contribution in [0, 0.1) is 22.7 Å². The Hall–Kier alpha value is -5.74. The molecule has 3 aliphatic carbocycles. The van der Waals surface area contributed by atoms with Crippen molar-refractivity contribution < 1.29 is 67.0 Å². The van der Waals surface area contributed by atoms with Gasteiger partial charge >= 0.3 is 23.9 Å². The minimum Gasteiger partial charge on any atom is -0.456 e. The van der Waals surface area contributed by atoms with E-state index in [1.54, 1.807) is 119 Å². The Bertz CT molecular complexity index is 2400. The Morgan fingerprint density at radius 1 is 0.815 bits per heavy atom. The van der Waals surface area contributed by atoms with Crippen molar-refractivity contribution in [3.8, 4) is 0 Å². The summed E-state index contributed by atoms with van der Waals surface area (Å²) in [5, 5.41) is 13.9. The van der Waals surface area contributed by atoms with Crippen molar-refractivity contribution in [3.63, 3.8) is 0 Å². The molecule has 5 aliphatic rings. The monoisotopic (exact) mass is 893 g/mol. The number of fused-ring (bicyclic) bond motifs is 5. The molecule has 1 N–H and O–H groups in total. The second-order valence-electron chi connectivity index (χ2n) is 18.6. The third-order valence-corrected chi connectivity index (χ3v) is 14.8. The fraction of sp³-hybridized carbons (Fsp3) is 0.480. The lowest BCUT2D eigenvalue weighted by atomic mass is 9.43. The average molecular weight is 894 g/mol. The zero-order valence-corrected chi connectivity index (χ0v) is 37.7. The van der Waals surface area contributed by atoms with Crippen molar-refractivity contribution in [2.75, 3.05) is 13.7 Å². The van der Waals surface area contributed by atoms with Crippen molar-refractivity contribution in [1.29, 1.82) is 0 Å². The van der Waals surface area contributed by atoms with E-state index in [9.17, 15) is 29.1 Å². The lowest BCUT2D eigenvalue weighted by Gasteiger charge is -2.68. The van der Waals surface area contributed by atoms with Gasteiger partial charge in [0.25, 0.3) is 5.91 Å². The van der Waals surface area contributed by atoms with Crippen molar-refractivity contribution >= 4 is 35.6 Å². The Morgan fingerprint density at radius 3 is 1.97 bits per heavy atom. The van der Waals surface area contributed by atoms with Gasteiger partial charge in [-0.25, -0.2) is 9.59 Å². The summed E-state index contributed by atoms with van der Waals surface area (Å²) < 4.78 is 43.2. The molecule has 12 atom stereocenters. The zero-order valence-electron chi connectivity index (χ0n) is 37.7. The maximum atomic E-state index is 15.8. The summed E-state index contributed by atoms with van der Waals surface area (Å²) in [6.45, 7) is 10.7. The molecule has 2 bridgehead atoms. The molecule has 4 fully saturated rings. The van der Waals surface area contributed by atoms with E-state index in [2.05, 4.69) is 0 Å². The lowest BCUT2D eigenvalue weighted by Crippen LogP contribution is -2.80. The SMILES string of the molecule is COC1O[C@@H](C(=O)O[C@H]2C[C@@]3(O)[C@@H](OC(=O)c4ccccc4)[C@H]4[C@](C)(C(=O)[C@H](OC(C)=O)C(=C2C)C3(C)C)[C@@H](C)CC2OC[C@]24OC(C)=O)[C@H](c2ccccc2)N1C(=O)c1ccccc1. The van der Waals surface area contributed by atoms with Crippen LogP contribution in [-0.2, 0) is 52.3 Å². The number of benzene rings is 3. The highest BCUT2D eigenvalue weighted by Crippen LogP contribution is 2.65. The van der Waals surface area contributed by atoms with Crippen LogP contribution in [0.25, 0.3) is 0 Å². The van der Waals surface area contributed by atoms with E-state index in [1.807, 2.05) is 6.92 Å². The summed E-state index contributed by atoms with van der Waals surface area (Å²) in [7, 11) is 1.34. The number of rotatable bonds is 9. The first-order valence-corrected chi connectivity index (χ1v) is 21.9. The van der Waals surface area contributed by atoms with Gasteiger partial charge in [-0.15, -0.1) is 0 Å². The van der Waals surface area contributed by atoms with Gasteiger partial charge in [0.15, 0.2) is 23.6 Å². The summed E-state index contributed by atoms with van der Waals surface area (Å²) in [5.74, 6) is -6.18. The molecule has 0 aromatic heterocycles. The van der Waals surface area contributed by atoms with Crippen LogP contribution in [-0.4, -0.2) is 107 Å². The maximum Gasteiger partial charge on any atom is 0.338 e. The molecule has 344 valence electrons. The van der Waals surface area contributed by atoms with E-state index in [0.29, 0.717) is 16.7 Å². The number of nitrogens with zero attached hydrogens (tertiary/aromatic N) is 1. The van der Waals surface area contributed by atoms with Crippen molar-refractivity contribution in [2.24, 2.45) is 22.7 Å². The molecular weight excluding hydrogens is 839 g/mol. The quantitative estimate of drug-likeness (QED) is 0.157. The summed E-state index contributed by atoms with van der Waals surface area (Å²) in [6, 6.07) is 24.3. The van der Waals surface area contributed by atoms with Crippen LogP contribution >= 0.6 is 0 Å². The number of carbonyl (C=O) groups is 6. The molecule has 2 heterocycles. The molecule has 2 saturated carbocycles. The van der Waals surface area contributed by atoms with Gasteiger partial charge in [-0.05, 0) is 60.2 Å². The van der Waals surface area contributed by atoms with Gasteiger partial charge < -0.3 is 38.3 Å². The zero-order chi connectivity index (χ0) is 46.8. The topological polar surface area (TPSA) is 190 Å². The molecule has 65 heavy (non-hydrogen) atoms. The summed E-state index contributed by atoms with van der Waals surface area (Å²) in [5.41, 5.74) is -5.57. The predicted molar refractivity (Wildman–Crippen MR) is 229 cm³/mol. The number of Topliss-reactive ketones (excluding diaryl/α,β-unsaturated/α-hetero) is 1. The average Bonchev–Trinajstić information content (AvgIpc) is 3.68. The van der Waals surface area contributed by atoms with E-state index < -0.39 is 119 Å². The molecule has 15 heteroatoms. The molecule has 2 saturated heterocycles. The number of hydrogen-bond acceptors (Lipinski definition) is 14. The van der Waals surface area contributed by atoms with Gasteiger partial charge in [0.05, 0.1) is 24.1 Å². The molecule has 8 rings (SSSR count). The number of ether oxygens (including phenoxy) is 7. The number of amides is 1. The number of methoxy groups -OCH3 is 1. The Kier molecular flexibility index (Phi) is 11.9. The lowest BCUT2D eigenvalue weighted by molar-refractivity contribution is -0.340. The molecular formula is C50H55NO14. The van der Waals surface area contributed by atoms with Crippen LogP contribution in [0.15, 0.2) is 102 Å². The van der Waals surface area contributed by atoms with Gasteiger partial charge in [0.1, 0.15) is 23.9 Å². The second-order valence-corrected chi connectivity index (χ2v) is 18.6. The molecule has 2 aliphatic heterocycles. The minimum absolute atomic E-state index is 0.145. The Labute approximate surface area is 377 Å². The normalized spacial score (nSPS) is 34.7. The predicted octanol–water partition coefficient (Wildman–Crippen LogP) is 5.69. The van der Waals surface area contributed by atoms with Crippen LogP contribution in [0.4, 0.5) is 0 Å². The van der Waals surface area contributed by atoms with Crippen molar-refractivity contribution in [2.45, 2.75) is 115 Å². The number of ketones is 1. The fourth-order valence-electron chi connectivity index (χ4n) is 11.4. The first-order chi connectivity index (χ1) is 30.8. The second kappa shape index (κ2) is 16.9. The van der Waals surface area contributed by atoms with Crippen LogP contribution in [0.3, 0.4) is 0 Å². The van der Waals surface area contributed by atoms with E-state index in [-0.39, 0.29) is 24.2 Å². The molecule has 3 aromatic rings. The molecule has 1 amide bonds. The third kappa shape index (κ3) is 7.27. The molecule has 0 radical (unpaired) electrons. The smallest absolute Gasteiger partial charge is 0.338 e. The van der Waals surface area contributed by atoms with Gasteiger partial charge in [0, 0.05) is 43.8 Å². The highest BCUT2D eigenvalue weighted by molar-refractivity contribution is 5.96. The molecule has 0 spiro atoms. The maximum absolute atomic E-state index is 15.8. The van der Waals surface area contributed by atoms with Crippen LogP contribution in [0.2, 0.25) is 0 Å². The van der Waals surface area contributed by atoms with Gasteiger partial charge in [-0.2, -0.15) is 0 Å². The van der Waals surface area contributed by atoms with Crippen molar-refractivity contribution in [1.82, 2.24) is 4.90 Å². The number of aliphatic hydroxyl groups is 1. The first kappa shape index (κ1) is 45.8. The fourth-order valence-corrected chi connectivity index (χ4v) is 11.4. The van der Waals surface area contributed by atoms with Gasteiger partial charge in [-0.1, -0.05) is 94.4 Å². The number of carbonyl (C=O) groups excluding carboxylic acids is 6.